The lowest BCUT2D eigenvalue weighted by atomic mass is 10.1. The van der Waals surface area contributed by atoms with Crippen LogP contribution in [-0.2, 0) is 6.54 Å². The van der Waals surface area contributed by atoms with Crippen LogP contribution in [0.2, 0.25) is 0 Å². The second-order valence-corrected chi connectivity index (χ2v) is 6.71. The summed E-state index contributed by atoms with van der Waals surface area (Å²) in [4.78, 5) is 0. The lowest BCUT2D eigenvalue weighted by Crippen LogP contribution is -2.52. The quantitative estimate of drug-likeness (QED) is 0.564. The topological polar surface area (TPSA) is 24.1 Å². The number of thiocarbonyl (C=S) groups is 1. The molecule has 2 aromatic carbocycles. The Morgan fingerprint density at radius 1 is 0.917 bits per heavy atom. The number of quaternary nitrogens is 1. The van der Waals surface area contributed by atoms with Crippen LogP contribution in [0.25, 0.3) is 10.8 Å². The van der Waals surface area contributed by atoms with Gasteiger partial charge in [-0.3, -0.25) is 0 Å². The van der Waals surface area contributed by atoms with Crippen LogP contribution < -0.4 is 10.6 Å². The first-order valence-electron chi connectivity index (χ1n) is 8.97. The van der Waals surface area contributed by atoms with Gasteiger partial charge >= 0.3 is 0 Å². The van der Waals surface area contributed by atoms with E-state index in [1.54, 1.807) is 0 Å². The molecule has 0 aliphatic rings. The fourth-order valence-electron chi connectivity index (χ4n) is 3.15. The second kappa shape index (κ2) is 9.00. The molecule has 2 N–H and O–H groups in total. The molecule has 0 atom stereocenters. The monoisotopic (exact) mass is 344 g/mol. The Morgan fingerprint density at radius 2 is 1.58 bits per heavy atom. The minimum atomic E-state index is 0.740. The van der Waals surface area contributed by atoms with Crippen LogP contribution in [0.4, 0.5) is 0 Å². The maximum atomic E-state index is 5.42. The minimum absolute atomic E-state index is 0.740. The Labute approximate surface area is 151 Å². The normalized spacial score (nSPS) is 11.5. The van der Waals surface area contributed by atoms with Gasteiger partial charge in [0.25, 0.3) is 0 Å². The van der Waals surface area contributed by atoms with Crippen molar-refractivity contribution < 1.29 is 4.48 Å². The van der Waals surface area contributed by atoms with E-state index in [2.05, 4.69) is 73.9 Å². The molecular weight excluding hydrogens is 314 g/mol. The molecule has 0 radical (unpaired) electrons. The highest BCUT2D eigenvalue weighted by atomic mass is 32.1. The summed E-state index contributed by atoms with van der Waals surface area (Å²) in [7, 11) is 0. The van der Waals surface area contributed by atoms with Crippen LogP contribution >= 0.6 is 12.2 Å². The van der Waals surface area contributed by atoms with E-state index in [0.717, 1.165) is 29.2 Å². The van der Waals surface area contributed by atoms with Gasteiger partial charge in [-0.05, 0) is 55.4 Å². The molecule has 0 aliphatic heterocycles. The maximum absolute atomic E-state index is 5.42. The SMILES string of the molecule is CC[N+](CC)(CC)CCNC(=S)NCc1ccc2ccccc2c1. The van der Waals surface area contributed by atoms with Gasteiger partial charge in [-0.2, -0.15) is 0 Å². The molecule has 0 aromatic heterocycles. The van der Waals surface area contributed by atoms with Gasteiger partial charge in [0.15, 0.2) is 5.11 Å². The number of rotatable bonds is 8. The van der Waals surface area contributed by atoms with E-state index in [-0.39, 0.29) is 0 Å². The van der Waals surface area contributed by atoms with Crippen molar-refractivity contribution in [3.63, 3.8) is 0 Å². The van der Waals surface area contributed by atoms with Gasteiger partial charge in [-0.25, -0.2) is 0 Å². The molecule has 2 aromatic rings. The van der Waals surface area contributed by atoms with Crippen molar-refractivity contribution in [1.82, 2.24) is 10.6 Å². The van der Waals surface area contributed by atoms with Crippen molar-refractivity contribution in [2.45, 2.75) is 27.3 Å². The summed E-state index contributed by atoms with van der Waals surface area (Å²) < 4.78 is 1.14. The highest BCUT2D eigenvalue weighted by Gasteiger charge is 2.19. The first-order chi connectivity index (χ1) is 11.6. The molecule has 2 rings (SSSR count). The van der Waals surface area contributed by atoms with Gasteiger partial charge in [0.05, 0.1) is 32.7 Å². The van der Waals surface area contributed by atoms with Crippen molar-refractivity contribution in [3.8, 4) is 0 Å². The highest BCUT2D eigenvalue weighted by molar-refractivity contribution is 7.80. The lowest BCUT2D eigenvalue weighted by Gasteiger charge is -2.35. The lowest BCUT2D eigenvalue weighted by molar-refractivity contribution is -0.922. The van der Waals surface area contributed by atoms with Gasteiger partial charge in [0, 0.05) is 6.54 Å². The standard InChI is InChI=1S/C20H29N3S/c1-4-23(5-2,6-3)14-13-21-20(24)22-16-17-11-12-18-9-7-8-10-19(18)15-17/h7-12,15H,4-6,13-14,16H2,1-3H3,(H-,21,22,24)/p+1. The van der Waals surface area contributed by atoms with Crippen molar-refractivity contribution in [1.29, 1.82) is 0 Å². The summed E-state index contributed by atoms with van der Waals surface area (Å²) in [5, 5.41) is 9.95. The number of hydrogen-bond donors (Lipinski definition) is 2. The minimum Gasteiger partial charge on any atom is -0.359 e. The predicted molar refractivity (Wildman–Crippen MR) is 108 cm³/mol. The van der Waals surface area contributed by atoms with Crippen LogP contribution in [0.1, 0.15) is 26.3 Å². The van der Waals surface area contributed by atoms with Crippen molar-refractivity contribution in [2.24, 2.45) is 0 Å². The van der Waals surface area contributed by atoms with Crippen molar-refractivity contribution in [2.75, 3.05) is 32.7 Å². The summed E-state index contributed by atoms with van der Waals surface area (Å²) >= 11 is 5.42. The predicted octanol–water partition coefficient (Wildman–Crippen LogP) is 3.68. The molecule has 3 nitrogen and oxygen atoms in total. The van der Waals surface area contributed by atoms with Gasteiger partial charge in [0.1, 0.15) is 0 Å². The molecule has 0 unspecified atom stereocenters. The molecule has 0 heterocycles. The van der Waals surface area contributed by atoms with E-state index in [1.165, 1.54) is 36.0 Å². The molecule has 0 spiro atoms. The van der Waals surface area contributed by atoms with Crippen LogP contribution in [0.3, 0.4) is 0 Å². The Balaban J connectivity index is 1.80. The first-order valence-corrected chi connectivity index (χ1v) is 9.37. The zero-order valence-electron chi connectivity index (χ0n) is 15.1. The van der Waals surface area contributed by atoms with Gasteiger partial charge < -0.3 is 15.1 Å². The molecule has 4 heteroatoms. The smallest absolute Gasteiger partial charge is 0.166 e. The number of fused-ring (bicyclic) bond motifs is 1. The summed E-state index contributed by atoms with van der Waals surface area (Å²) in [5.41, 5.74) is 1.25. The number of likely N-dealkylation sites (N-methyl/N-ethyl adjacent to an activating group) is 1. The van der Waals surface area contributed by atoms with E-state index in [0.29, 0.717) is 0 Å². The van der Waals surface area contributed by atoms with Crippen molar-refractivity contribution >= 4 is 28.1 Å². The second-order valence-electron chi connectivity index (χ2n) is 6.30. The maximum Gasteiger partial charge on any atom is 0.166 e. The summed E-state index contributed by atoms with van der Waals surface area (Å²) in [6.45, 7) is 13.1. The number of benzene rings is 2. The van der Waals surface area contributed by atoms with E-state index in [1.807, 2.05) is 0 Å². The Hall–Kier alpha value is -1.65. The van der Waals surface area contributed by atoms with Gasteiger partial charge in [0.2, 0.25) is 0 Å². The van der Waals surface area contributed by atoms with E-state index >= 15 is 0 Å². The Bertz CT molecular complexity index is 656. The fourth-order valence-corrected chi connectivity index (χ4v) is 3.32. The fraction of sp³-hybridized carbons (Fsp3) is 0.450. The zero-order chi connectivity index (χ0) is 17.4. The van der Waals surface area contributed by atoms with Crippen molar-refractivity contribution in [3.05, 3.63) is 48.0 Å². The number of hydrogen-bond acceptors (Lipinski definition) is 1. The van der Waals surface area contributed by atoms with Crippen LogP contribution in [-0.4, -0.2) is 42.3 Å². The third-order valence-electron chi connectivity index (χ3n) is 5.15. The highest BCUT2D eigenvalue weighted by Crippen LogP contribution is 2.15. The van der Waals surface area contributed by atoms with E-state index < -0.39 is 0 Å². The third kappa shape index (κ3) is 4.92. The Morgan fingerprint density at radius 3 is 2.25 bits per heavy atom. The number of nitrogens with one attached hydrogen (secondary N) is 2. The molecular formula is C20H30N3S+. The average Bonchev–Trinajstić information content (AvgIpc) is 2.64. The zero-order valence-corrected chi connectivity index (χ0v) is 16.0. The van der Waals surface area contributed by atoms with Gasteiger partial charge in [-0.1, -0.05) is 36.4 Å². The molecule has 130 valence electrons. The van der Waals surface area contributed by atoms with Gasteiger partial charge in [-0.15, -0.1) is 0 Å². The van der Waals surface area contributed by atoms with E-state index in [9.17, 15) is 0 Å². The van der Waals surface area contributed by atoms with Crippen LogP contribution in [0.15, 0.2) is 42.5 Å². The van der Waals surface area contributed by atoms with E-state index in [4.69, 9.17) is 12.2 Å². The third-order valence-corrected chi connectivity index (χ3v) is 5.44. The van der Waals surface area contributed by atoms with Crippen LogP contribution in [0, 0.1) is 0 Å². The molecule has 0 saturated carbocycles. The largest absolute Gasteiger partial charge is 0.359 e. The summed E-state index contributed by atoms with van der Waals surface area (Å²) in [6.07, 6.45) is 0. The molecule has 0 amide bonds. The summed E-state index contributed by atoms with van der Waals surface area (Å²) in [6, 6.07) is 15.0. The first kappa shape index (κ1) is 18.7. The molecule has 0 aliphatic carbocycles. The molecule has 0 bridgehead atoms. The summed E-state index contributed by atoms with van der Waals surface area (Å²) in [5.74, 6) is 0. The Kier molecular flexibility index (Phi) is 7.00. The number of nitrogens with zero attached hydrogens (tertiary/aromatic N) is 1. The molecule has 0 saturated heterocycles. The average molecular weight is 345 g/mol. The molecule has 0 fully saturated rings. The molecule has 24 heavy (non-hydrogen) atoms. The van der Waals surface area contributed by atoms with Crippen LogP contribution in [0.5, 0.6) is 0 Å².